The Morgan fingerprint density at radius 2 is 0.959 bits per heavy atom. The number of rotatable bonds is 13. The van der Waals surface area contributed by atoms with Gasteiger partial charge in [0.25, 0.3) is 0 Å². The van der Waals surface area contributed by atoms with Crippen molar-refractivity contribution < 1.29 is 19.7 Å². The lowest BCUT2D eigenvalue weighted by molar-refractivity contribution is 0.0616. The van der Waals surface area contributed by atoms with Crippen LogP contribution in [-0.4, -0.2) is 84.7 Å². The van der Waals surface area contributed by atoms with Crippen LogP contribution < -0.4 is 9.47 Å². The third-order valence-electron chi connectivity index (χ3n) is 10.3. The van der Waals surface area contributed by atoms with E-state index in [1.165, 1.54) is 65.6 Å². The van der Waals surface area contributed by atoms with Crippen LogP contribution in [0.15, 0.2) is 103 Å². The quantitative estimate of drug-likeness (QED) is 0.100. The molecular weight excluding hydrogens is 608 g/mol. The summed E-state index contributed by atoms with van der Waals surface area (Å²) in [6, 6.07) is 36.4. The zero-order valence-corrected chi connectivity index (χ0v) is 28.6. The second-order valence-electron chi connectivity index (χ2n) is 14.0. The maximum Gasteiger partial charge on any atom is 0.119 e. The standard InChI is InChI=1S/C43H50N2O4/c46-35(28-44-23-7-1-8-24-44)30-48-37-19-15-32(16-20-37)43(42-27-34-11-3-4-12-39(34)40-13-5-6-14-41(40)42)33-17-21-38(22-18-33)49-31-36(47)29-45-25-9-2-10-26-45/h3-6,11-22,27,35-36,43,46-47H,1-2,7-10,23-26,28-31H2. The fourth-order valence-electron chi connectivity index (χ4n) is 7.76. The minimum atomic E-state index is -0.513. The van der Waals surface area contributed by atoms with Crippen molar-refractivity contribution in [1.82, 2.24) is 9.80 Å². The zero-order valence-electron chi connectivity index (χ0n) is 28.6. The number of aliphatic hydroxyl groups excluding tert-OH is 2. The Morgan fingerprint density at radius 3 is 1.47 bits per heavy atom. The smallest absolute Gasteiger partial charge is 0.119 e. The second kappa shape index (κ2) is 16.2. The first-order chi connectivity index (χ1) is 24.1. The van der Waals surface area contributed by atoms with Crippen molar-refractivity contribution in [2.75, 3.05) is 52.5 Å². The van der Waals surface area contributed by atoms with E-state index < -0.39 is 12.2 Å². The highest BCUT2D eigenvalue weighted by molar-refractivity contribution is 6.09. The number of β-amino-alcohol motifs (C(OH)–C–C–N with tert-alkyl or cyclic N) is 2. The molecule has 256 valence electrons. The van der Waals surface area contributed by atoms with Gasteiger partial charge < -0.3 is 29.5 Å². The van der Waals surface area contributed by atoms with Gasteiger partial charge in [0.05, 0.1) is 0 Å². The predicted octanol–water partition coefficient (Wildman–Crippen LogP) is 7.62. The van der Waals surface area contributed by atoms with Crippen molar-refractivity contribution in [2.24, 2.45) is 0 Å². The highest BCUT2D eigenvalue weighted by Gasteiger charge is 2.22. The number of benzene rings is 5. The van der Waals surface area contributed by atoms with E-state index in [1.54, 1.807) is 0 Å². The van der Waals surface area contributed by atoms with Crippen molar-refractivity contribution in [1.29, 1.82) is 0 Å². The Kier molecular flexibility index (Phi) is 11.1. The predicted molar refractivity (Wildman–Crippen MR) is 199 cm³/mol. The van der Waals surface area contributed by atoms with E-state index in [0.717, 1.165) is 48.8 Å². The van der Waals surface area contributed by atoms with Crippen LogP contribution in [0.3, 0.4) is 0 Å². The summed E-state index contributed by atoms with van der Waals surface area (Å²) in [6.45, 7) is 6.12. The number of nitrogens with zero attached hydrogens (tertiary/aromatic N) is 2. The lowest BCUT2D eigenvalue weighted by Gasteiger charge is -2.28. The van der Waals surface area contributed by atoms with Gasteiger partial charge in [-0.15, -0.1) is 0 Å². The lowest BCUT2D eigenvalue weighted by Crippen LogP contribution is -2.38. The Hall–Kier alpha value is -3.94. The van der Waals surface area contributed by atoms with Gasteiger partial charge in [0, 0.05) is 19.0 Å². The van der Waals surface area contributed by atoms with E-state index in [0.29, 0.717) is 13.1 Å². The molecule has 5 aromatic rings. The summed E-state index contributed by atoms with van der Waals surface area (Å²) >= 11 is 0. The molecule has 2 saturated heterocycles. The molecule has 2 atom stereocenters. The fraction of sp³-hybridized carbons (Fsp3) is 0.395. The molecule has 2 aliphatic heterocycles. The average molecular weight is 659 g/mol. The summed E-state index contributed by atoms with van der Waals surface area (Å²) in [5, 5.41) is 26.3. The van der Waals surface area contributed by atoms with Gasteiger partial charge in [0.2, 0.25) is 0 Å². The summed E-state index contributed by atoms with van der Waals surface area (Å²) in [7, 11) is 0. The second-order valence-corrected chi connectivity index (χ2v) is 14.0. The van der Waals surface area contributed by atoms with Gasteiger partial charge in [0.15, 0.2) is 0 Å². The lowest BCUT2D eigenvalue weighted by atomic mass is 9.81. The first-order valence-corrected chi connectivity index (χ1v) is 18.3. The minimum absolute atomic E-state index is 0.0352. The highest BCUT2D eigenvalue weighted by atomic mass is 16.5. The van der Waals surface area contributed by atoms with E-state index in [9.17, 15) is 10.2 Å². The molecule has 0 aromatic heterocycles. The van der Waals surface area contributed by atoms with E-state index in [-0.39, 0.29) is 19.1 Å². The van der Waals surface area contributed by atoms with Crippen LogP contribution in [0.2, 0.25) is 0 Å². The molecule has 0 amide bonds. The molecule has 6 heteroatoms. The number of ether oxygens (including phenoxy) is 2. The van der Waals surface area contributed by atoms with Crippen molar-refractivity contribution in [3.63, 3.8) is 0 Å². The van der Waals surface area contributed by atoms with E-state index >= 15 is 0 Å². The molecule has 0 bridgehead atoms. The summed E-state index contributed by atoms with van der Waals surface area (Å²) in [5.74, 6) is 1.48. The molecule has 2 fully saturated rings. The highest BCUT2D eigenvalue weighted by Crippen LogP contribution is 2.40. The van der Waals surface area contributed by atoms with Gasteiger partial charge in [-0.2, -0.15) is 0 Å². The number of piperidine rings is 2. The zero-order chi connectivity index (χ0) is 33.4. The Balaban J connectivity index is 1.13. The van der Waals surface area contributed by atoms with Gasteiger partial charge in [-0.25, -0.2) is 0 Å². The van der Waals surface area contributed by atoms with Crippen LogP contribution in [0.4, 0.5) is 0 Å². The summed E-state index contributed by atoms with van der Waals surface area (Å²) in [6.07, 6.45) is 6.38. The molecule has 2 heterocycles. The summed E-state index contributed by atoms with van der Waals surface area (Å²) in [5.41, 5.74) is 3.56. The maximum absolute atomic E-state index is 10.7. The molecule has 0 radical (unpaired) electrons. The van der Waals surface area contributed by atoms with Gasteiger partial charge >= 0.3 is 0 Å². The molecule has 0 spiro atoms. The van der Waals surface area contributed by atoms with Gasteiger partial charge in [-0.05, 0) is 120 Å². The molecule has 2 aliphatic rings. The SMILES string of the molecule is OC(COc1ccc(C(c2ccc(OCC(O)CN3CCCCC3)cc2)c2cc3ccccc3c3ccccc23)cc1)CN1CCCCC1. The maximum atomic E-state index is 10.7. The van der Waals surface area contributed by atoms with Crippen molar-refractivity contribution >= 4 is 21.5 Å². The third-order valence-corrected chi connectivity index (χ3v) is 10.3. The number of fused-ring (bicyclic) bond motifs is 3. The molecule has 49 heavy (non-hydrogen) atoms. The Labute approximate surface area is 290 Å². The molecule has 2 unspecified atom stereocenters. The molecule has 0 aliphatic carbocycles. The number of hydrogen-bond acceptors (Lipinski definition) is 6. The first kappa shape index (κ1) is 33.6. The summed E-state index contributed by atoms with van der Waals surface area (Å²) < 4.78 is 12.2. The van der Waals surface area contributed by atoms with Crippen molar-refractivity contribution in [2.45, 2.75) is 56.7 Å². The van der Waals surface area contributed by atoms with Gasteiger partial charge in [-0.1, -0.05) is 85.6 Å². The topological polar surface area (TPSA) is 65.4 Å². The van der Waals surface area contributed by atoms with Crippen LogP contribution >= 0.6 is 0 Å². The molecule has 6 nitrogen and oxygen atoms in total. The largest absolute Gasteiger partial charge is 0.491 e. The van der Waals surface area contributed by atoms with Crippen LogP contribution in [0.5, 0.6) is 11.5 Å². The minimum Gasteiger partial charge on any atom is -0.491 e. The van der Waals surface area contributed by atoms with E-state index in [2.05, 4.69) is 88.7 Å². The molecule has 2 N–H and O–H groups in total. The molecule has 0 saturated carbocycles. The Bertz CT molecular complexity index is 1710. The molecule has 5 aromatic carbocycles. The van der Waals surface area contributed by atoms with Crippen LogP contribution in [0.1, 0.15) is 61.1 Å². The van der Waals surface area contributed by atoms with Crippen molar-refractivity contribution in [3.05, 3.63) is 120 Å². The number of likely N-dealkylation sites (tertiary alicyclic amines) is 2. The van der Waals surface area contributed by atoms with Gasteiger partial charge in [0.1, 0.15) is 36.9 Å². The third kappa shape index (κ3) is 8.45. The monoisotopic (exact) mass is 658 g/mol. The Morgan fingerprint density at radius 1 is 0.510 bits per heavy atom. The number of aliphatic hydroxyl groups is 2. The van der Waals surface area contributed by atoms with E-state index in [4.69, 9.17) is 9.47 Å². The average Bonchev–Trinajstić information content (AvgIpc) is 3.15. The normalized spacial score (nSPS) is 17.9. The molecular formula is C43H50N2O4. The van der Waals surface area contributed by atoms with Crippen LogP contribution in [-0.2, 0) is 0 Å². The summed E-state index contributed by atoms with van der Waals surface area (Å²) in [4.78, 5) is 4.68. The first-order valence-electron chi connectivity index (χ1n) is 18.3. The van der Waals surface area contributed by atoms with Crippen LogP contribution in [0, 0.1) is 0 Å². The molecule has 7 rings (SSSR count). The fourth-order valence-corrected chi connectivity index (χ4v) is 7.76. The van der Waals surface area contributed by atoms with Crippen molar-refractivity contribution in [3.8, 4) is 11.5 Å². The number of hydrogen-bond donors (Lipinski definition) is 2. The van der Waals surface area contributed by atoms with E-state index in [1.807, 2.05) is 24.3 Å². The van der Waals surface area contributed by atoms with Crippen LogP contribution in [0.25, 0.3) is 21.5 Å². The van der Waals surface area contributed by atoms with Gasteiger partial charge in [-0.3, -0.25) is 0 Å².